The van der Waals surface area contributed by atoms with E-state index in [1.807, 2.05) is 0 Å². The summed E-state index contributed by atoms with van der Waals surface area (Å²) >= 11 is 0. The first kappa shape index (κ1) is 13.6. The Hall–Kier alpha value is -1.39. The monoisotopic (exact) mass is 273 g/mol. The van der Waals surface area contributed by atoms with Crippen molar-refractivity contribution in [1.29, 1.82) is 0 Å². The zero-order valence-corrected chi connectivity index (χ0v) is 12.1. The van der Waals surface area contributed by atoms with Gasteiger partial charge in [0.15, 0.2) is 0 Å². The molecule has 0 aliphatic carbocycles. The van der Waals surface area contributed by atoms with E-state index in [0.29, 0.717) is 5.91 Å². The SMILES string of the molecule is CC1(c2ccccc2)CCCN(C(=O)C2CNNC2)C1. The average molecular weight is 273 g/mol. The minimum absolute atomic E-state index is 0.0909. The van der Waals surface area contributed by atoms with Gasteiger partial charge in [0.25, 0.3) is 0 Å². The van der Waals surface area contributed by atoms with E-state index in [0.717, 1.165) is 39.0 Å². The van der Waals surface area contributed by atoms with Crippen molar-refractivity contribution in [3.05, 3.63) is 35.9 Å². The van der Waals surface area contributed by atoms with Gasteiger partial charge in [0, 0.05) is 31.6 Å². The number of amides is 1. The third-order valence-corrected chi connectivity index (χ3v) is 4.65. The predicted molar refractivity (Wildman–Crippen MR) is 79.1 cm³/mol. The summed E-state index contributed by atoms with van der Waals surface area (Å²) in [6.07, 6.45) is 2.24. The quantitative estimate of drug-likeness (QED) is 0.853. The van der Waals surface area contributed by atoms with Crippen molar-refractivity contribution in [2.24, 2.45) is 5.92 Å². The third kappa shape index (κ3) is 2.58. The Kier molecular flexibility index (Phi) is 3.76. The zero-order chi connectivity index (χ0) is 14.0. The van der Waals surface area contributed by atoms with Crippen molar-refractivity contribution in [3.8, 4) is 0 Å². The molecule has 20 heavy (non-hydrogen) atoms. The molecule has 4 heteroatoms. The number of likely N-dealkylation sites (tertiary alicyclic amines) is 1. The highest BCUT2D eigenvalue weighted by molar-refractivity contribution is 5.80. The minimum Gasteiger partial charge on any atom is -0.341 e. The number of benzene rings is 1. The van der Waals surface area contributed by atoms with Gasteiger partial charge < -0.3 is 4.90 Å². The molecule has 4 nitrogen and oxygen atoms in total. The molecule has 3 rings (SSSR count). The number of nitrogens with one attached hydrogen (secondary N) is 2. The maximum absolute atomic E-state index is 12.6. The Labute approximate surface area is 120 Å². The van der Waals surface area contributed by atoms with Gasteiger partial charge in [0.2, 0.25) is 5.91 Å². The Bertz CT molecular complexity index is 470. The molecule has 1 aromatic carbocycles. The van der Waals surface area contributed by atoms with E-state index in [1.54, 1.807) is 0 Å². The molecule has 2 saturated heterocycles. The van der Waals surface area contributed by atoms with Crippen LogP contribution in [0.3, 0.4) is 0 Å². The lowest BCUT2D eigenvalue weighted by Gasteiger charge is -2.41. The molecule has 0 radical (unpaired) electrons. The summed E-state index contributed by atoms with van der Waals surface area (Å²) in [6, 6.07) is 10.6. The molecule has 0 bridgehead atoms. The van der Waals surface area contributed by atoms with Crippen molar-refractivity contribution < 1.29 is 4.79 Å². The van der Waals surface area contributed by atoms with Crippen LogP contribution < -0.4 is 10.9 Å². The maximum atomic E-state index is 12.6. The fraction of sp³-hybridized carbons (Fsp3) is 0.562. The lowest BCUT2D eigenvalue weighted by molar-refractivity contribution is -0.136. The first-order valence-corrected chi connectivity index (χ1v) is 7.49. The molecule has 0 spiro atoms. The van der Waals surface area contributed by atoms with Gasteiger partial charge in [-0.2, -0.15) is 0 Å². The van der Waals surface area contributed by atoms with Crippen LogP contribution in [0, 0.1) is 5.92 Å². The Morgan fingerprint density at radius 1 is 1.25 bits per heavy atom. The van der Waals surface area contributed by atoms with Crippen LogP contribution in [0.1, 0.15) is 25.3 Å². The van der Waals surface area contributed by atoms with E-state index < -0.39 is 0 Å². The molecule has 2 fully saturated rings. The first-order valence-electron chi connectivity index (χ1n) is 7.49. The third-order valence-electron chi connectivity index (χ3n) is 4.65. The van der Waals surface area contributed by atoms with Gasteiger partial charge in [-0.1, -0.05) is 37.3 Å². The minimum atomic E-state index is 0.0909. The van der Waals surface area contributed by atoms with Crippen LogP contribution in [0.15, 0.2) is 30.3 Å². The molecule has 108 valence electrons. The molecule has 1 unspecified atom stereocenters. The molecule has 1 amide bonds. The lowest BCUT2D eigenvalue weighted by atomic mass is 9.75. The second kappa shape index (κ2) is 5.54. The number of nitrogens with zero attached hydrogens (tertiary/aromatic N) is 1. The first-order chi connectivity index (χ1) is 9.69. The number of hydrogen-bond donors (Lipinski definition) is 2. The van der Waals surface area contributed by atoms with Crippen LogP contribution in [-0.4, -0.2) is 37.0 Å². The molecule has 1 atom stereocenters. The highest BCUT2D eigenvalue weighted by atomic mass is 16.2. The Morgan fingerprint density at radius 2 is 1.95 bits per heavy atom. The summed E-state index contributed by atoms with van der Waals surface area (Å²) in [7, 11) is 0. The molecular weight excluding hydrogens is 250 g/mol. The van der Waals surface area contributed by atoms with E-state index in [9.17, 15) is 4.79 Å². The van der Waals surface area contributed by atoms with E-state index in [2.05, 4.69) is 53.0 Å². The molecule has 2 aliphatic heterocycles. The molecule has 2 heterocycles. The fourth-order valence-corrected chi connectivity index (χ4v) is 3.40. The number of carbonyl (C=O) groups is 1. The topological polar surface area (TPSA) is 44.4 Å². The number of rotatable bonds is 2. The van der Waals surface area contributed by atoms with Crippen molar-refractivity contribution in [3.63, 3.8) is 0 Å². The summed E-state index contributed by atoms with van der Waals surface area (Å²) in [5.74, 6) is 0.387. The predicted octanol–water partition coefficient (Wildman–Crippen LogP) is 1.29. The Balaban J connectivity index is 1.74. The van der Waals surface area contributed by atoms with E-state index in [-0.39, 0.29) is 11.3 Å². The van der Waals surface area contributed by atoms with Gasteiger partial charge >= 0.3 is 0 Å². The summed E-state index contributed by atoms with van der Waals surface area (Å²) in [4.78, 5) is 14.6. The number of hydrogen-bond acceptors (Lipinski definition) is 3. The lowest BCUT2D eigenvalue weighted by Crippen LogP contribution is -2.49. The standard InChI is InChI=1S/C16H23N3O/c1-16(14-6-3-2-4-7-14)8-5-9-19(12-16)15(20)13-10-17-18-11-13/h2-4,6-7,13,17-18H,5,8-12H2,1H3. The highest BCUT2D eigenvalue weighted by Gasteiger charge is 2.37. The molecule has 1 aromatic rings. The van der Waals surface area contributed by atoms with Gasteiger partial charge in [0.1, 0.15) is 0 Å². The van der Waals surface area contributed by atoms with Gasteiger partial charge in [-0.05, 0) is 18.4 Å². The van der Waals surface area contributed by atoms with Gasteiger partial charge in [-0.25, -0.2) is 0 Å². The molecule has 2 aliphatic rings. The van der Waals surface area contributed by atoms with Crippen LogP contribution in [0.5, 0.6) is 0 Å². The maximum Gasteiger partial charge on any atom is 0.228 e. The largest absolute Gasteiger partial charge is 0.341 e. The normalized spacial score (nSPS) is 27.8. The van der Waals surface area contributed by atoms with Crippen LogP contribution in [0.4, 0.5) is 0 Å². The summed E-state index contributed by atoms with van der Waals surface area (Å²) < 4.78 is 0. The van der Waals surface area contributed by atoms with Crippen LogP contribution >= 0.6 is 0 Å². The van der Waals surface area contributed by atoms with Crippen LogP contribution in [0.25, 0.3) is 0 Å². The molecule has 0 aromatic heterocycles. The van der Waals surface area contributed by atoms with Crippen molar-refractivity contribution in [2.45, 2.75) is 25.2 Å². The summed E-state index contributed by atoms with van der Waals surface area (Å²) in [5, 5.41) is 0. The number of carbonyl (C=O) groups excluding carboxylic acids is 1. The smallest absolute Gasteiger partial charge is 0.228 e. The summed E-state index contributed by atoms with van der Waals surface area (Å²) in [5.41, 5.74) is 7.53. The van der Waals surface area contributed by atoms with E-state index in [4.69, 9.17) is 0 Å². The second-order valence-electron chi connectivity index (χ2n) is 6.25. The number of piperidine rings is 1. The average Bonchev–Trinajstić information content (AvgIpc) is 3.02. The molecule has 0 saturated carbocycles. The number of hydrazine groups is 1. The summed E-state index contributed by atoms with van der Waals surface area (Å²) in [6.45, 7) is 5.52. The van der Waals surface area contributed by atoms with Gasteiger partial charge in [0.05, 0.1) is 5.92 Å². The van der Waals surface area contributed by atoms with E-state index >= 15 is 0 Å². The van der Waals surface area contributed by atoms with Crippen LogP contribution in [-0.2, 0) is 10.2 Å². The van der Waals surface area contributed by atoms with E-state index in [1.165, 1.54) is 5.56 Å². The molecular formula is C16H23N3O. The fourth-order valence-electron chi connectivity index (χ4n) is 3.40. The highest BCUT2D eigenvalue weighted by Crippen LogP contribution is 2.34. The van der Waals surface area contributed by atoms with Crippen molar-refractivity contribution in [1.82, 2.24) is 15.8 Å². The van der Waals surface area contributed by atoms with Gasteiger partial charge in [-0.3, -0.25) is 15.6 Å². The Morgan fingerprint density at radius 3 is 2.65 bits per heavy atom. The molecule has 2 N–H and O–H groups in total. The second-order valence-corrected chi connectivity index (χ2v) is 6.25. The van der Waals surface area contributed by atoms with Crippen molar-refractivity contribution >= 4 is 5.91 Å². The van der Waals surface area contributed by atoms with Gasteiger partial charge in [-0.15, -0.1) is 0 Å². The zero-order valence-electron chi connectivity index (χ0n) is 12.1. The van der Waals surface area contributed by atoms with Crippen LogP contribution in [0.2, 0.25) is 0 Å². The van der Waals surface area contributed by atoms with Crippen molar-refractivity contribution in [2.75, 3.05) is 26.2 Å².